The smallest absolute Gasteiger partial charge is 0.143 e. The summed E-state index contributed by atoms with van der Waals surface area (Å²) in [5.74, 6) is 1.18. The Hall–Kier alpha value is -0.660. The zero-order chi connectivity index (χ0) is 14.4. The maximum atomic E-state index is 12.3. The van der Waals surface area contributed by atoms with Gasteiger partial charge in [-0.05, 0) is 18.8 Å². The molecule has 2 saturated carbocycles. The zero-order valence-electron chi connectivity index (χ0n) is 13.0. The highest BCUT2D eigenvalue weighted by atomic mass is 16.1. The van der Waals surface area contributed by atoms with Crippen molar-refractivity contribution in [1.82, 2.24) is 0 Å². The van der Waals surface area contributed by atoms with Crippen molar-refractivity contribution in [3.05, 3.63) is 0 Å². The number of rotatable bonds is 6. The summed E-state index contributed by atoms with van der Waals surface area (Å²) in [6.07, 6.45) is 13.8. The van der Waals surface area contributed by atoms with E-state index in [-0.39, 0.29) is 17.5 Å². The van der Waals surface area contributed by atoms with E-state index in [0.29, 0.717) is 24.7 Å². The van der Waals surface area contributed by atoms with Crippen LogP contribution in [-0.4, -0.2) is 11.6 Å². The van der Waals surface area contributed by atoms with Crippen LogP contribution in [0.2, 0.25) is 0 Å². The lowest BCUT2D eigenvalue weighted by Gasteiger charge is -2.24. The van der Waals surface area contributed by atoms with Crippen molar-refractivity contribution in [2.75, 3.05) is 0 Å². The van der Waals surface area contributed by atoms with Gasteiger partial charge >= 0.3 is 0 Å². The van der Waals surface area contributed by atoms with Crippen LogP contribution in [0.4, 0.5) is 0 Å². The average Bonchev–Trinajstić information content (AvgIpc) is 2.48. The van der Waals surface area contributed by atoms with Gasteiger partial charge in [-0.25, -0.2) is 0 Å². The van der Waals surface area contributed by atoms with Crippen LogP contribution in [0.15, 0.2) is 0 Å². The quantitative estimate of drug-likeness (QED) is 0.660. The Labute approximate surface area is 123 Å². The van der Waals surface area contributed by atoms with E-state index in [2.05, 4.69) is 0 Å². The second-order valence-electron chi connectivity index (χ2n) is 7.07. The molecule has 114 valence electrons. The summed E-state index contributed by atoms with van der Waals surface area (Å²) in [7, 11) is 0. The molecule has 0 aromatic rings. The summed E-state index contributed by atoms with van der Waals surface area (Å²) in [5.41, 5.74) is 0. The fourth-order valence-corrected chi connectivity index (χ4v) is 3.88. The van der Waals surface area contributed by atoms with Gasteiger partial charge in [-0.15, -0.1) is 0 Å². The SMILES string of the molecule is CC(C(=O)CC1CCCCC1)C(=O)CC1CCCCC1. The average molecular weight is 278 g/mol. The van der Waals surface area contributed by atoms with Gasteiger partial charge in [-0.2, -0.15) is 0 Å². The van der Waals surface area contributed by atoms with Gasteiger partial charge in [0.15, 0.2) is 0 Å². The predicted molar refractivity (Wildman–Crippen MR) is 81.6 cm³/mol. The minimum atomic E-state index is -0.348. The Morgan fingerprint density at radius 1 is 0.750 bits per heavy atom. The summed E-state index contributed by atoms with van der Waals surface area (Å²) in [5, 5.41) is 0. The summed E-state index contributed by atoms with van der Waals surface area (Å²) in [6.45, 7) is 1.84. The molecule has 0 amide bonds. The minimum absolute atomic E-state index is 0.206. The van der Waals surface area contributed by atoms with Gasteiger partial charge < -0.3 is 0 Å². The van der Waals surface area contributed by atoms with E-state index in [1.807, 2.05) is 6.92 Å². The fourth-order valence-electron chi connectivity index (χ4n) is 3.88. The third-order valence-electron chi connectivity index (χ3n) is 5.40. The molecule has 2 heteroatoms. The first-order valence-electron chi connectivity index (χ1n) is 8.72. The molecule has 20 heavy (non-hydrogen) atoms. The molecule has 0 aromatic carbocycles. The third kappa shape index (κ3) is 4.71. The largest absolute Gasteiger partial charge is 0.299 e. The summed E-state index contributed by atoms with van der Waals surface area (Å²) in [4.78, 5) is 24.5. The van der Waals surface area contributed by atoms with Crippen molar-refractivity contribution >= 4 is 11.6 Å². The highest BCUT2D eigenvalue weighted by molar-refractivity contribution is 6.02. The number of carbonyl (C=O) groups is 2. The highest BCUT2D eigenvalue weighted by Gasteiger charge is 2.27. The first-order chi connectivity index (χ1) is 9.66. The van der Waals surface area contributed by atoms with Crippen LogP contribution in [0, 0.1) is 17.8 Å². The van der Waals surface area contributed by atoms with Gasteiger partial charge in [-0.1, -0.05) is 64.2 Å². The molecule has 0 aliphatic heterocycles. The van der Waals surface area contributed by atoms with Crippen LogP contribution in [0.5, 0.6) is 0 Å². The lowest BCUT2D eigenvalue weighted by molar-refractivity contribution is -0.133. The number of hydrogen-bond donors (Lipinski definition) is 0. The van der Waals surface area contributed by atoms with Crippen molar-refractivity contribution in [1.29, 1.82) is 0 Å². The molecule has 0 unspecified atom stereocenters. The molecule has 2 aliphatic carbocycles. The summed E-state index contributed by atoms with van der Waals surface area (Å²) in [6, 6.07) is 0. The monoisotopic (exact) mass is 278 g/mol. The van der Waals surface area contributed by atoms with Crippen LogP contribution in [0.25, 0.3) is 0 Å². The molecule has 0 atom stereocenters. The van der Waals surface area contributed by atoms with Crippen LogP contribution in [0.3, 0.4) is 0 Å². The maximum Gasteiger partial charge on any atom is 0.143 e. The van der Waals surface area contributed by atoms with Gasteiger partial charge in [0.1, 0.15) is 11.6 Å². The second kappa shape index (κ2) is 7.95. The van der Waals surface area contributed by atoms with Crippen molar-refractivity contribution in [2.24, 2.45) is 17.8 Å². The normalized spacial score (nSPS) is 22.1. The minimum Gasteiger partial charge on any atom is -0.299 e. The molecule has 0 spiro atoms. The molecule has 0 N–H and O–H groups in total. The zero-order valence-corrected chi connectivity index (χ0v) is 13.0. The standard InChI is InChI=1S/C18H30O2/c1-14(17(19)12-15-8-4-2-5-9-15)18(20)13-16-10-6-3-7-11-16/h14-16H,2-13H2,1H3. The van der Waals surface area contributed by atoms with E-state index in [1.54, 1.807) is 0 Å². The van der Waals surface area contributed by atoms with Gasteiger partial charge in [0, 0.05) is 12.8 Å². The first kappa shape index (κ1) is 15.7. The Morgan fingerprint density at radius 3 is 1.45 bits per heavy atom. The predicted octanol–water partition coefficient (Wildman–Crippen LogP) is 4.70. The van der Waals surface area contributed by atoms with E-state index in [0.717, 1.165) is 0 Å². The van der Waals surface area contributed by atoms with E-state index in [9.17, 15) is 9.59 Å². The molecule has 0 aromatic heterocycles. The molecule has 2 fully saturated rings. The van der Waals surface area contributed by atoms with E-state index >= 15 is 0 Å². The lowest BCUT2D eigenvalue weighted by Crippen LogP contribution is -2.26. The maximum absolute atomic E-state index is 12.3. The van der Waals surface area contributed by atoms with Gasteiger partial charge in [0.25, 0.3) is 0 Å². The summed E-state index contributed by atoms with van der Waals surface area (Å²) < 4.78 is 0. The van der Waals surface area contributed by atoms with Crippen LogP contribution in [0.1, 0.15) is 84.0 Å². The second-order valence-corrected chi connectivity index (χ2v) is 7.07. The fraction of sp³-hybridized carbons (Fsp3) is 0.889. The molecule has 2 aliphatic rings. The molecule has 0 bridgehead atoms. The van der Waals surface area contributed by atoms with Crippen LogP contribution in [-0.2, 0) is 9.59 Å². The van der Waals surface area contributed by atoms with E-state index in [1.165, 1.54) is 64.2 Å². The Morgan fingerprint density at radius 2 is 1.10 bits per heavy atom. The molecule has 0 radical (unpaired) electrons. The Bertz CT molecular complexity index is 290. The molecule has 0 saturated heterocycles. The van der Waals surface area contributed by atoms with Crippen LogP contribution < -0.4 is 0 Å². The lowest BCUT2D eigenvalue weighted by atomic mass is 9.80. The van der Waals surface area contributed by atoms with Crippen molar-refractivity contribution in [3.8, 4) is 0 Å². The molecule has 2 nitrogen and oxygen atoms in total. The van der Waals surface area contributed by atoms with Gasteiger partial charge in [0.2, 0.25) is 0 Å². The topological polar surface area (TPSA) is 34.1 Å². The highest BCUT2D eigenvalue weighted by Crippen LogP contribution is 2.30. The van der Waals surface area contributed by atoms with E-state index in [4.69, 9.17) is 0 Å². The third-order valence-corrected chi connectivity index (χ3v) is 5.40. The molecular weight excluding hydrogens is 248 g/mol. The number of ketones is 2. The van der Waals surface area contributed by atoms with Crippen molar-refractivity contribution < 1.29 is 9.59 Å². The van der Waals surface area contributed by atoms with Gasteiger partial charge in [-0.3, -0.25) is 9.59 Å². The van der Waals surface area contributed by atoms with Crippen LogP contribution >= 0.6 is 0 Å². The molecule has 2 rings (SSSR count). The number of hydrogen-bond acceptors (Lipinski definition) is 2. The molecular formula is C18H30O2. The van der Waals surface area contributed by atoms with Crippen molar-refractivity contribution in [3.63, 3.8) is 0 Å². The molecule has 0 heterocycles. The van der Waals surface area contributed by atoms with E-state index < -0.39 is 0 Å². The van der Waals surface area contributed by atoms with Gasteiger partial charge in [0.05, 0.1) is 5.92 Å². The van der Waals surface area contributed by atoms with Crippen molar-refractivity contribution in [2.45, 2.75) is 84.0 Å². The summed E-state index contributed by atoms with van der Waals surface area (Å²) >= 11 is 0. The number of carbonyl (C=O) groups excluding carboxylic acids is 2. The Balaban J connectivity index is 1.74. The number of Topliss-reactive ketones (excluding diaryl/α,β-unsaturated/α-hetero) is 2. The first-order valence-corrected chi connectivity index (χ1v) is 8.72. The Kier molecular flexibility index (Phi) is 6.25.